The third-order valence-electron chi connectivity index (χ3n) is 4.69. The quantitative estimate of drug-likeness (QED) is 0.322. The van der Waals surface area contributed by atoms with E-state index in [0.717, 1.165) is 5.56 Å². The Hall–Kier alpha value is -3.09. The minimum Gasteiger partial charge on any atom is -0.378 e. The van der Waals surface area contributed by atoms with Crippen LogP contribution < -0.4 is 10.6 Å². The first kappa shape index (κ1) is 18.7. The van der Waals surface area contributed by atoms with Crippen molar-refractivity contribution < 1.29 is 9.72 Å². The third kappa shape index (κ3) is 4.55. The van der Waals surface area contributed by atoms with Gasteiger partial charge in [-0.1, -0.05) is 12.1 Å². The van der Waals surface area contributed by atoms with Gasteiger partial charge in [0.15, 0.2) is 0 Å². The summed E-state index contributed by atoms with van der Waals surface area (Å²) in [5.74, 6) is -0.185. The molecule has 7 heteroatoms. The van der Waals surface area contributed by atoms with Crippen LogP contribution >= 0.6 is 0 Å². The average molecular weight is 368 g/mol. The van der Waals surface area contributed by atoms with E-state index in [2.05, 4.69) is 35.1 Å². The van der Waals surface area contributed by atoms with Crippen LogP contribution in [0.1, 0.15) is 35.8 Å². The van der Waals surface area contributed by atoms with Crippen molar-refractivity contribution >= 4 is 23.4 Å². The molecule has 1 aliphatic carbocycles. The Bertz CT molecular complexity index is 881. The molecule has 2 aromatic rings. The molecule has 27 heavy (non-hydrogen) atoms. The normalized spacial score (nSPS) is 13.7. The number of nitro benzene ring substituents is 1. The SMILES string of the molecule is Cc1cc(/C=C/C(=O)NCCNc2ccccc2[N+](=O)[O-])c(C)n1C1CC1. The van der Waals surface area contributed by atoms with Crippen molar-refractivity contribution in [1.82, 2.24) is 9.88 Å². The second-order valence-corrected chi connectivity index (χ2v) is 6.75. The summed E-state index contributed by atoms with van der Waals surface area (Å²) in [7, 11) is 0. The second kappa shape index (κ2) is 8.07. The van der Waals surface area contributed by atoms with Crippen LogP contribution in [-0.4, -0.2) is 28.5 Å². The van der Waals surface area contributed by atoms with Gasteiger partial charge in [0.1, 0.15) is 5.69 Å². The van der Waals surface area contributed by atoms with Crippen molar-refractivity contribution in [2.24, 2.45) is 0 Å². The number of rotatable bonds is 8. The zero-order valence-electron chi connectivity index (χ0n) is 15.6. The molecule has 1 saturated carbocycles. The van der Waals surface area contributed by atoms with E-state index < -0.39 is 4.92 Å². The summed E-state index contributed by atoms with van der Waals surface area (Å²) < 4.78 is 2.34. The molecule has 0 unspecified atom stereocenters. The minimum atomic E-state index is -0.429. The Morgan fingerprint density at radius 2 is 2.04 bits per heavy atom. The summed E-state index contributed by atoms with van der Waals surface area (Å²) in [4.78, 5) is 22.5. The number of hydrogen-bond donors (Lipinski definition) is 2. The lowest BCUT2D eigenvalue weighted by Crippen LogP contribution is -2.27. The molecule has 0 atom stereocenters. The van der Waals surface area contributed by atoms with Crippen molar-refractivity contribution in [1.29, 1.82) is 0 Å². The molecule has 1 amide bonds. The number of aromatic nitrogens is 1. The summed E-state index contributed by atoms with van der Waals surface area (Å²) >= 11 is 0. The molecule has 0 saturated heterocycles. The first-order valence-corrected chi connectivity index (χ1v) is 9.09. The predicted molar refractivity (Wildman–Crippen MR) is 106 cm³/mol. The van der Waals surface area contributed by atoms with Gasteiger partial charge in [-0.25, -0.2) is 0 Å². The van der Waals surface area contributed by atoms with Crippen molar-refractivity contribution in [2.75, 3.05) is 18.4 Å². The van der Waals surface area contributed by atoms with Crippen LogP contribution in [-0.2, 0) is 4.79 Å². The first-order valence-electron chi connectivity index (χ1n) is 9.09. The van der Waals surface area contributed by atoms with Gasteiger partial charge in [0, 0.05) is 42.7 Å². The first-order chi connectivity index (χ1) is 13.0. The lowest BCUT2D eigenvalue weighted by atomic mass is 10.2. The Morgan fingerprint density at radius 1 is 1.30 bits per heavy atom. The molecule has 1 heterocycles. The monoisotopic (exact) mass is 368 g/mol. The number of carbonyl (C=O) groups is 1. The lowest BCUT2D eigenvalue weighted by Gasteiger charge is -2.07. The number of hydrogen-bond acceptors (Lipinski definition) is 4. The van der Waals surface area contributed by atoms with Gasteiger partial charge in [-0.2, -0.15) is 0 Å². The number of benzene rings is 1. The molecule has 7 nitrogen and oxygen atoms in total. The Kier molecular flexibility index (Phi) is 5.59. The van der Waals surface area contributed by atoms with Crippen molar-refractivity contribution in [3.05, 3.63) is 63.5 Å². The number of anilines is 1. The molecule has 1 fully saturated rings. The number of amides is 1. The highest BCUT2D eigenvalue weighted by Gasteiger charge is 2.26. The van der Waals surface area contributed by atoms with Crippen LogP contribution in [0.5, 0.6) is 0 Å². The number of aryl methyl sites for hydroxylation is 1. The molecule has 0 aliphatic heterocycles. The topological polar surface area (TPSA) is 89.2 Å². The van der Waals surface area contributed by atoms with E-state index in [0.29, 0.717) is 24.8 Å². The van der Waals surface area contributed by atoms with Crippen LogP contribution in [0.25, 0.3) is 6.08 Å². The van der Waals surface area contributed by atoms with Crippen molar-refractivity contribution in [3.63, 3.8) is 0 Å². The zero-order chi connectivity index (χ0) is 19.4. The Labute approximate surface area is 158 Å². The number of carbonyl (C=O) groups excluding carboxylic acids is 1. The van der Waals surface area contributed by atoms with Gasteiger partial charge in [0.05, 0.1) is 4.92 Å². The molecular formula is C20H24N4O3. The summed E-state index contributed by atoms with van der Waals surface area (Å²) in [6.07, 6.45) is 5.83. The molecule has 2 N–H and O–H groups in total. The summed E-state index contributed by atoms with van der Waals surface area (Å²) in [5, 5.41) is 16.7. The zero-order valence-corrected chi connectivity index (χ0v) is 15.6. The van der Waals surface area contributed by atoms with E-state index in [9.17, 15) is 14.9 Å². The van der Waals surface area contributed by atoms with Crippen LogP contribution in [0.15, 0.2) is 36.4 Å². The highest BCUT2D eigenvalue weighted by molar-refractivity contribution is 5.91. The van der Waals surface area contributed by atoms with Gasteiger partial charge in [-0.3, -0.25) is 14.9 Å². The molecule has 3 rings (SSSR count). The second-order valence-electron chi connectivity index (χ2n) is 6.75. The minimum absolute atomic E-state index is 0.0229. The van der Waals surface area contributed by atoms with E-state index >= 15 is 0 Å². The molecule has 1 aliphatic rings. The van der Waals surface area contributed by atoms with E-state index in [1.54, 1.807) is 18.2 Å². The molecule has 142 valence electrons. The third-order valence-corrected chi connectivity index (χ3v) is 4.69. The molecule has 1 aromatic carbocycles. The molecule has 0 spiro atoms. The fraction of sp³-hybridized carbons (Fsp3) is 0.350. The maximum Gasteiger partial charge on any atom is 0.292 e. The maximum atomic E-state index is 12.0. The number of nitrogens with one attached hydrogen (secondary N) is 2. The van der Waals surface area contributed by atoms with Crippen molar-refractivity contribution in [3.8, 4) is 0 Å². The smallest absolute Gasteiger partial charge is 0.292 e. The molecular weight excluding hydrogens is 344 g/mol. The van der Waals surface area contributed by atoms with Gasteiger partial charge in [0.25, 0.3) is 5.69 Å². The molecule has 0 radical (unpaired) electrons. The molecule has 0 bridgehead atoms. The maximum absolute atomic E-state index is 12.0. The van der Waals surface area contributed by atoms with Crippen LogP contribution in [0.2, 0.25) is 0 Å². The molecule has 1 aromatic heterocycles. The van der Waals surface area contributed by atoms with E-state index in [4.69, 9.17) is 0 Å². The van der Waals surface area contributed by atoms with Gasteiger partial charge in [-0.15, -0.1) is 0 Å². The summed E-state index contributed by atoms with van der Waals surface area (Å²) in [6.45, 7) is 4.95. The van der Waals surface area contributed by atoms with E-state index in [1.807, 2.05) is 6.08 Å². The van der Waals surface area contributed by atoms with Gasteiger partial charge >= 0.3 is 0 Å². The van der Waals surface area contributed by atoms with Gasteiger partial charge in [0.2, 0.25) is 5.91 Å². The van der Waals surface area contributed by atoms with Crippen LogP contribution in [0.4, 0.5) is 11.4 Å². The summed E-state index contributed by atoms with van der Waals surface area (Å²) in [5.41, 5.74) is 3.95. The Balaban J connectivity index is 1.48. The predicted octanol–water partition coefficient (Wildman–Crippen LogP) is 3.59. The fourth-order valence-electron chi connectivity index (χ4n) is 3.26. The average Bonchev–Trinajstić information content (AvgIpc) is 3.43. The van der Waals surface area contributed by atoms with Crippen molar-refractivity contribution in [2.45, 2.75) is 32.7 Å². The largest absolute Gasteiger partial charge is 0.378 e. The number of nitro groups is 1. The van der Waals surface area contributed by atoms with Crippen LogP contribution in [0, 0.1) is 24.0 Å². The Morgan fingerprint density at radius 3 is 2.74 bits per heavy atom. The summed E-state index contributed by atoms with van der Waals surface area (Å²) in [6, 6.07) is 9.17. The number of nitrogens with zero attached hydrogens (tertiary/aromatic N) is 2. The highest BCUT2D eigenvalue weighted by Crippen LogP contribution is 2.38. The van der Waals surface area contributed by atoms with Gasteiger partial charge in [-0.05, 0) is 50.5 Å². The van der Waals surface area contributed by atoms with E-state index in [1.165, 1.54) is 36.4 Å². The van der Waals surface area contributed by atoms with Gasteiger partial charge < -0.3 is 15.2 Å². The van der Waals surface area contributed by atoms with E-state index in [-0.39, 0.29) is 11.6 Å². The standard InChI is InChI=1S/C20H24N4O3/c1-14-13-16(15(2)23(14)17-8-9-17)7-10-20(25)22-12-11-21-18-5-3-4-6-19(18)24(26)27/h3-7,10,13,17,21H,8-9,11-12H2,1-2H3,(H,22,25)/b10-7+. The number of para-hydroxylation sites is 2. The highest BCUT2D eigenvalue weighted by atomic mass is 16.6. The van der Waals surface area contributed by atoms with Crippen LogP contribution in [0.3, 0.4) is 0 Å². The fourth-order valence-corrected chi connectivity index (χ4v) is 3.26. The lowest BCUT2D eigenvalue weighted by molar-refractivity contribution is -0.384.